The maximum atomic E-state index is 10.1. The predicted octanol–water partition coefficient (Wildman–Crippen LogP) is 0.248. The Labute approximate surface area is 69.0 Å². The Bertz CT molecular complexity index is 288. The number of carbonyl (C=O) groups is 1. The molecule has 5 nitrogen and oxygen atoms in total. The number of rotatable bonds is 3. The molecule has 1 aromatic heterocycles. The first-order valence-electron chi connectivity index (χ1n) is 3.32. The van der Waals surface area contributed by atoms with Crippen molar-refractivity contribution < 1.29 is 14.6 Å². The summed E-state index contributed by atoms with van der Waals surface area (Å²) in [6.07, 6.45) is 2.97. The Hall–Kier alpha value is -1.65. The van der Waals surface area contributed by atoms with Crippen molar-refractivity contribution in [2.45, 2.75) is 6.92 Å². The standard InChI is InChI=1S/C7H8N2O3/c1-5-7(9-3-2-8-5)12-4-6(10)11/h2-3H,4H2,1H3,(H,10,11). The number of aliphatic carboxylic acids is 1. The van der Waals surface area contributed by atoms with Crippen LogP contribution in [0.4, 0.5) is 0 Å². The first-order chi connectivity index (χ1) is 5.70. The number of carboxylic acid groups (broad SMARTS) is 1. The van der Waals surface area contributed by atoms with E-state index >= 15 is 0 Å². The fourth-order valence-corrected chi connectivity index (χ4v) is 0.667. The zero-order chi connectivity index (χ0) is 8.97. The van der Waals surface area contributed by atoms with Crippen LogP contribution in [0.5, 0.6) is 5.88 Å². The van der Waals surface area contributed by atoms with Crippen LogP contribution < -0.4 is 4.74 Å². The van der Waals surface area contributed by atoms with Crippen LogP contribution in [0, 0.1) is 6.92 Å². The zero-order valence-corrected chi connectivity index (χ0v) is 6.52. The summed E-state index contributed by atoms with van der Waals surface area (Å²) < 4.78 is 4.83. The van der Waals surface area contributed by atoms with Crippen LogP contribution in [0.3, 0.4) is 0 Å². The van der Waals surface area contributed by atoms with Gasteiger partial charge in [-0.15, -0.1) is 0 Å². The molecular formula is C7H8N2O3. The molecule has 0 bridgehead atoms. The monoisotopic (exact) mass is 168 g/mol. The summed E-state index contributed by atoms with van der Waals surface area (Å²) >= 11 is 0. The average Bonchev–Trinajstić information content (AvgIpc) is 2.03. The van der Waals surface area contributed by atoms with Crippen LogP contribution in [0.15, 0.2) is 12.4 Å². The van der Waals surface area contributed by atoms with Gasteiger partial charge in [0.1, 0.15) is 0 Å². The molecule has 5 heteroatoms. The highest BCUT2D eigenvalue weighted by Crippen LogP contribution is 2.08. The minimum absolute atomic E-state index is 0.264. The van der Waals surface area contributed by atoms with Crippen LogP contribution in [0.25, 0.3) is 0 Å². The van der Waals surface area contributed by atoms with Crippen molar-refractivity contribution in [1.29, 1.82) is 0 Å². The zero-order valence-electron chi connectivity index (χ0n) is 6.52. The van der Waals surface area contributed by atoms with E-state index in [0.29, 0.717) is 5.69 Å². The van der Waals surface area contributed by atoms with Gasteiger partial charge in [0.15, 0.2) is 6.61 Å². The van der Waals surface area contributed by atoms with Crippen molar-refractivity contribution in [2.75, 3.05) is 6.61 Å². The van der Waals surface area contributed by atoms with Gasteiger partial charge in [-0.25, -0.2) is 9.78 Å². The van der Waals surface area contributed by atoms with Crippen molar-refractivity contribution >= 4 is 5.97 Å². The Kier molecular flexibility index (Phi) is 2.57. The van der Waals surface area contributed by atoms with Gasteiger partial charge in [-0.2, -0.15) is 0 Å². The van der Waals surface area contributed by atoms with E-state index in [0.717, 1.165) is 0 Å². The van der Waals surface area contributed by atoms with Crippen molar-refractivity contribution in [2.24, 2.45) is 0 Å². The molecule has 0 amide bonds. The first-order valence-corrected chi connectivity index (χ1v) is 3.32. The molecule has 0 spiro atoms. The number of hydrogen-bond donors (Lipinski definition) is 1. The summed E-state index contributed by atoms with van der Waals surface area (Å²) in [5.41, 5.74) is 0.582. The Balaban J connectivity index is 2.63. The number of hydrogen-bond acceptors (Lipinski definition) is 4. The summed E-state index contributed by atoms with van der Waals surface area (Å²) in [6.45, 7) is 1.31. The van der Waals surface area contributed by atoms with Gasteiger partial charge in [0.2, 0.25) is 5.88 Å². The highest BCUT2D eigenvalue weighted by atomic mass is 16.5. The minimum Gasteiger partial charge on any atom is -0.479 e. The molecule has 1 heterocycles. The predicted molar refractivity (Wildman–Crippen MR) is 39.9 cm³/mol. The third-order valence-electron chi connectivity index (χ3n) is 1.17. The van der Waals surface area contributed by atoms with Crippen LogP contribution in [-0.2, 0) is 4.79 Å². The number of carboxylic acids is 1. The molecule has 0 radical (unpaired) electrons. The van der Waals surface area contributed by atoms with Gasteiger partial charge in [-0.1, -0.05) is 0 Å². The molecule has 1 N–H and O–H groups in total. The largest absolute Gasteiger partial charge is 0.479 e. The number of aryl methyl sites for hydroxylation is 1. The Morgan fingerprint density at radius 2 is 2.25 bits per heavy atom. The maximum absolute atomic E-state index is 10.1. The quantitative estimate of drug-likeness (QED) is 0.700. The Morgan fingerprint density at radius 3 is 2.83 bits per heavy atom. The molecular weight excluding hydrogens is 160 g/mol. The number of aromatic nitrogens is 2. The minimum atomic E-state index is -1.03. The van der Waals surface area contributed by atoms with E-state index in [-0.39, 0.29) is 12.5 Å². The summed E-state index contributed by atoms with van der Waals surface area (Å²) in [5.74, 6) is -0.764. The molecule has 0 aliphatic heterocycles. The molecule has 1 aromatic rings. The fraction of sp³-hybridized carbons (Fsp3) is 0.286. The van der Waals surface area contributed by atoms with Crippen molar-refractivity contribution in [3.05, 3.63) is 18.1 Å². The molecule has 1 rings (SSSR count). The fourth-order valence-electron chi connectivity index (χ4n) is 0.667. The maximum Gasteiger partial charge on any atom is 0.341 e. The van der Waals surface area contributed by atoms with Crippen LogP contribution in [-0.4, -0.2) is 27.7 Å². The highest BCUT2D eigenvalue weighted by Gasteiger charge is 2.03. The van der Waals surface area contributed by atoms with E-state index < -0.39 is 5.97 Å². The SMILES string of the molecule is Cc1nccnc1OCC(=O)O. The Morgan fingerprint density at radius 1 is 1.58 bits per heavy atom. The van der Waals surface area contributed by atoms with Gasteiger partial charge >= 0.3 is 5.97 Å². The van der Waals surface area contributed by atoms with E-state index in [9.17, 15) is 4.79 Å². The van der Waals surface area contributed by atoms with Gasteiger partial charge in [-0.05, 0) is 6.92 Å². The molecule has 0 atom stereocenters. The lowest BCUT2D eigenvalue weighted by Crippen LogP contribution is -2.11. The summed E-state index contributed by atoms with van der Waals surface area (Å²) in [6, 6.07) is 0. The number of nitrogens with zero attached hydrogens (tertiary/aromatic N) is 2. The van der Waals surface area contributed by atoms with E-state index in [4.69, 9.17) is 9.84 Å². The van der Waals surface area contributed by atoms with Gasteiger partial charge in [0, 0.05) is 12.4 Å². The third kappa shape index (κ3) is 2.19. The van der Waals surface area contributed by atoms with Crippen LogP contribution >= 0.6 is 0 Å². The lowest BCUT2D eigenvalue weighted by Gasteiger charge is -2.02. The second-order valence-electron chi connectivity index (χ2n) is 2.13. The second-order valence-corrected chi connectivity index (χ2v) is 2.13. The van der Waals surface area contributed by atoms with E-state index in [2.05, 4.69) is 9.97 Å². The topological polar surface area (TPSA) is 72.3 Å². The molecule has 0 aromatic carbocycles. The molecule has 0 fully saturated rings. The third-order valence-corrected chi connectivity index (χ3v) is 1.17. The summed E-state index contributed by atoms with van der Waals surface area (Å²) in [7, 11) is 0. The van der Waals surface area contributed by atoms with Crippen LogP contribution in [0.1, 0.15) is 5.69 Å². The molecule has 0 unspecified atom stereocenters. The summed E-state index contributed by atoms with van der Waals surface area (Å²) in [4.78, 5) is 17.8. The van der Waals surface area contributed by atoms with E-state index in [1.54, 1.807) is 6.92 Å². The van der Waals surface area contributed by atoms with Gasteiger partial charge in [-0.3, -0.25) is 4.98 Å². The van der Waals surface area contributed by atoms with E-state index in [1.165, 1.54) is 12.4 Å². The van der Waals surface area contributed by atoms with Crippen molar-refractivity contribution in [1.82, 2.24) is 9.97 Å². The first kappa shape index (κ1) is 8.45. The van der Waals surface area contributed by atoms with Crippen molar-refractivity contribution in [3.63, 3.8) is 0 Å². The normalized spacial score (nSPS) is 9.42. The van der Waals surface area contributed by atoms with Crippen LogP contribution in [0.2, 0.25) is 0 Å². The number of ether oxygens (including phenoxy) is 1. The molecule has 0 saturated heterocycles. The highest BCUT2D eigenvalue weighted by molar-refractivity contribution is 5.68. The van der Waals surface area contributed by atoms with Gasteiger partial charge in [0.25, 0.3) is 0 Å². The molecule has 0 aliphatic rings. The van der Waals surface area contributed by atoms with E-state index in [1.807, 2.05) is 0 Å². The van der Waals surface area contributed by atoms with Crippen molar-refractivity contribution in [3.8, 4) is 5.88 Å². The molecule has 12 heavy (non-hydrogen) atoms. The molecule has 64 valence electrons. The lowest BCUT2D eigenvalue weighted by atomic mass is 10.5. The second kappa shape index (κ2) is 3.66. The summed E-state index contributed by atoms with van der Waals surface area (Å²) in [5, 5.41) is 8.29. The average molecular weight is 168 g/mol. The smallest absolute Gasteiger partial charge is 0.341 e. The molecule has 0 saturated carbocycles. The molecule has 0 aliphatic carbocycles. The lowest BCUT2D eigenvalue weighted by molar-refractivity contribution is -0.139. The van der Waals surface area contributed by atoms with Gasteiger partial charge in [0.05, 0.1) is 5.69 Å². The van der Waals surface area contributed by atoms with Gasteiger partial charge < -0.3 is 9.84 Å².